The van der Waals surface area contributed by atoms with Crippen molar-refractivity contribution < 1.29 is 9.53 Å². The van der Waals surface area contributed by atoms with E-state index in [0.29, 0.717) is 12.0 Å². The summed E-state index contributed by atoms with van der Waals surface area (Å²) in [5, 5.41) is 3.19. The molecule has 138 valence electrons. The van der Waals surface area contributed by atoms with E-state index in [2.05, 4.69) is 55.3 Å². The summed E-state index contributed by atoms with van der Waals surface area (Å²) in [6.07, 6.45) is 0.870. The number of likely N-dealkylation sites (tertiary alicyclic amines) is 1. The molecule has 0 radical (unpaired) electrons. The van der Waals surface area contributed by atoms with Crippen LogP contribution in [0.15, 0.2) is 24.3 Å². The number of rotatable bonds is 4. The van der Waals surface area contributed by atoms with Gasteiger partial charge in [0.25, 0.3) is 0 Å². The van der Waals surface area contributed by atoms with Crippen molar-refractivity contribution >= 4 is 6.03 Å². The van der Waals surface area contributed by atoms with Crippen LogP contribution >= 0.6 is 0 Å². The molecule has 25 heavy (non-hydrogen) atoms. The van der Waals surface area contributed by atoms with E-state index in [-0.39, 0.29) is 12.1 Å². The maximum Gasteiger partial charge on any atom is 0.317 e. The quantitative estimate of drug-likeness (QED) is 0.911. The van der Waals surface area contributed by atoms with Gasteiger partial charge in [-0.3, -0.25) is 4.90 Å². The highest BCUT2D eigenvalue weighted by Gasteiger charge is 2.36. The van der Waals surface area contributed by atoms with Crippen LogP contribution in [-0.4, -0.2) is 67.3 Å². The zero-order chi connectivity index (χ0) is 17.8. The van der Waals surface area contributed by atoms with Crippen molar-refractivity contribution in [2.75, 3.05) is 39.4 Å². The molecule has 0 aliphatic carbocycles. The molecular weight excluding hydrogens is 314 g/mol. The van der Waals surface area contributed by atoms with Crippen LogP contribution in [0.5, 0.6) is 0 Å². The lowest BCUT2D eigenvalue weighted by atomic mass is 10.0. The fourth-order valence-corrected chi connectivity index (χ4v) is 4.02. The Labute approximate surface area is 151 Å². The van der Waals surface area contributed by atoms with Gasteiger partial charge in [-0.05, 0) is 37.3 Å². The largest absolute Gasteiger partial charge is 0.379 e. The van der Waals surface area contributed by atoms with Crippen molar-refractivity contribution in [1.29, 1.82) is 0 Å². The molecule has 1 aromatic rings. The lowest BCUT2D eigenvalue weighted by molar-refractivity contribution is 0.0123. The third-order valence-corrected chi connectivity index (χ3v) is 5.53. The minimum Gasteiger partial charge on any atom is -0.379 e. The number of hydrogen-bond acceptors (Lipinski definition) is 3. The van der Waals surface area contributed by atoms with Crippen molar-refractivity contribution in [3.05, 3.63) is 35.4 Å². The van der Waals surface area contributed by atoms with Gasteiger partial charge in [0.2, 0.25) is 0 Å². The summed E-state index contributed by atoms with van der Waals surface area (Å²) in [6.45, 7) is 11.7. The summed E-state index contributed by atoms with van der Waals surface area (Å²) in [6, 6.07) is 9.05. The van der Waals surface area contributed by atoms with Crippen molar-refractivity contribution in [2.24, 2.45) is 5.92 Å². The topological polar surface area (TPSA) is 44.8 Å². The van der Waals surface area contributed by atoms with Crippen molar-refractivity contribution in [2.45, 2.75) is 39.3 Å². The van der Waals surface area contributed by atoms with Gasteiger partial charge in [0.1, 0.15) is 0 Å². The number of benzene rings is 1. The maximum atomic E-state index is 12.7. The summed E-state index contributed by atoms with van der Waals surface area (Å²) >= 11 is 0. The molecule has 0 aromatic heterocycles. The Bertz CT molecular complexity index is 586. The van der Waals surface area contributed by atoms with Gasteiger partial charge in [0.15, 0.2) is 0 Å². The molecule has 0 unspecified atom stereocenters. The first-order valence-electron chi connectivity index (χ1n) is 9.46. The Kier molecular flexibility index (Phi) is 5.97. The molecule has 2 saturated heterocycles. The van der Waals surface area contributed by atoms with Crippen LogP contribution in [-0.2, 0) is 11.2 Å². The number of carbonyl (C=O) groups is 1. The van der Waals surface area contributed by atoms with Crippen LogP contribution in [0, 0.1) is 12.8 Å². The van der Waals surface area contributed by atoms with Gasteiger partial charge in [-0.15, -0.1) is 0 Å². The Morgan fingerprint density at radius 2 is 2.00 bits per heavy atom. The molecule has 2 amide bonds. The number of ether oxygens (including phenoxy) is 1. The number of urea groups is 1. The molecule has 2 aliphatic rings. The molecule has 3 atom stereocenters. The Morgan fingerprint density at radius 1 is 1.28 bits per heavy atom. The van der Waals surface area contributed by atoms with E-state index < -0.39 is 0 Å². The molecule has 0 spiro atoms. The molecule has 1 aromatic carbocycles. The lowest BCUT2D eigenvalue weighted by Crippen LogP contribution is -2.48. The second-order valence-electron chi connectivity index (χ2n) is 7.58. The van der Waals surface area contributed by atoms with Gasteiger partial charge in [0, 0.05) is 38.3 Å². The third-order valence-electron chi connectivity index (χ3n) is 5.53. The van der Waals surface area contributed by atoms with Gasteiger partial charge in [-0.1, -0.05) is 31.2 Å². The first-order chi connectivity index (χ1) is 12.0. The minimum absolute atomic E-state index is 0.0729. The number of amides is 2. The van der Waals surface area contributed by atoms with Crippen LogP contribution in [0.4, 0.5) is 4.79 Å². The normalized spacial score (nSPS) is 25.8. The number of hydrogen-bond donors (Lipinski definition) is 1. The third kappa shape index (κ3) is 4.53. The Hall–Kier alpha value is -1.59. The molecule has 5 nitrogen and oxygen atoms in total. The fraction of sp³-hybridized carbons (Fsp3) is 0.650. The first-order valence-corrected chi connectivity index (χ1v) is 9.46. The van der Waals surface area contributed by atoms with Gasteiger partial charge >= 0.3 is 6.03 Å². The van der Waals surface area contributed by atoms with E-state index in [0.717, 1.165) is 45.8 Å². The molecule has 2 heterocycles. The molecule has 3 rings (SSSR count). The molecule has 0 bridgehead atoms. The summed E-state index contributed by atoms with van der Waals surface area (Å²) in [7, 11) is 0. The van der Waals surface area contributed by atoms with E-state index in [1.165, 1.54) is 11.1 Å². The number of carbonyl (C=O) groups excluding carboxylic acids is 1. The van der Waals surface area contributed by atoms with Crippen LogP contribution in [0.25, 0.3) is 0 Å². The molecule has 0 saturated carbocycles. The summed E-state index contributed by atoms with van der Waals surface area (Å²) in [5.41, 5.74) is 2.59. The smallest absolute Gasteiger partial charge is 0.317 e. The van der Waals surface area contributed by atoms with Gasteiger partial charge in [-0.25, -0.2) is 4.79 Å². The fourth-order valence-electron chi connectivity index (χ4n) is 4.02. The average molecular weight is 345 g/mol. The molecule has 2 aliphatic heterocycles. The average Bonchev–Trinajstić information content (AvgIpc) is 3.00. The van der Waals surface area contributed by atoms with Crippen molar-refractivity contribution in [3.63, 3.8) is 0 Å². The van der Waals surface area contributed by atoms with Crippen LogP contribution < -0.4 is 5.32 Å². The van der Waals surface area contributed by atoms with E-state index in [1.54, 1.807) is 0 Å². The second kappa shape index (κ2) is 8.19. The van der Waals surface area contributed by atoms with Gasteiger partial charge in [0.05, 0.1) is 13.2 Å². The molecule has 1 N–H and O–H groups in total. The van der Waals surface area contributed by atoms with Crippen molar-refractivity contribution in [3.8, 4) is 0 Å². The molecule has 5 heteroatoms. The molecule has 2 fully saturated rings. The van der Waals surface area contributed by atoms with Crippen LogP contribution in [0.2, 0.25) is 0 Å². The van der Waals surface area contributed by atoms with E-state index in [1.807, 2.05) is 4.90 Å². The van der Waals surface area contributed by atoms with Gasteiger partial charge in [-0.2, -0.15) is 0 Å². The monoisotopic (exact) mass is 345 g/mol. The number of nitrogens with one attached hydrogen (secondary N) is 1. The van der Waals surface area contributed by atoms with E-state index >= 15 is 0 Å². The second-order valence-corrected chi connectivity index (χ2v) is 7.58. The van der Waals surface area contributed by atoms with E-state index in [4.69, 9.17) is 4.74 Å². The summed E-state index contributed by atoms with van der Waals surface area (Å²) in [5.74, 6) is 0.510. The Morgan fingerprint density at radius 3 is 2.72 bits per heavy atom. The molecular formula is C20H31N3O2. The standard InChI is InChI=1S/C20H31N3O2/c1-15-6-4-5-7-18(15)12-17(3)21-20(24)23-13-16(2)19(14-23)22-8-10-25-11-9-22/h4-7,16-17,19H,8-14H2,1-3H3,(H,21,24)/t16-,17+,19+/m1/s1. The van der Waals surface area contributed by atoms with Crippen LogP contribution in [0.1, 0.15) is 25.0 Å². The number of morpholine rings is 1. The lowest BCUT2D eigenvalue weighted by Gasteiger charge is -2.34. The highest BCUT2D eigenvalue weighted by atomic mass is 16.5. The highest BCUT2D eigenvalue weighted by molar-refractivity contribution is 5.75. The van der Waals surface area contributed by atoms with Crippen molar-refractivity contribution in [1.82, 2.24) is 15.1 Å². The predicted octanol–water partition coefficient (Wildman–Crippen LogP) is 2.29. The number of aryl methyl sites for hydroxylation is 1. The van der Waals surface area contributed by atoms with Gasteiger partial charge < -0.3 is 15.0 Å². The van der Waals surface area contributed by atoms with Crippen LogP contribution in [0.3, 0.4) is 0 Å². The van der Waals surface area contributed by atoms with E-state index in [9.17, 15) is 4.79 Å². The SMILES string of the molecule is Cc1ccccc1C[C@H](C)NC(=O)N1C[C@@H](C)[C@@H](N2CCOCC2)C1. The predicted molar refractivity (Wildman–Crippen MR) is 99.8 cm³/mol. The summed E-state index contributed by atoms with van der Waals surface area (Å²) in [4.78, 5) is 17.1. The zero-order valence-corrected chi connectivity index (χ0v) is 15.7. The number of nitrogens with zero attached hydrogens (tertiary/aromatic N) is 2. The minimum atomic E-state index is 0.0729. The maximum absolute atomic E-state index is 12.7. The zero-order valence-electron chi connectivity index (χ0n) is 15.7. The Balaban J connectivity index is 1.52. The highest BCUT2D eigenvalue weighted by Crippen LogP contribution is 2.23. The summed E-state index contributed by atoms with van der Waals surface area (Å²) < 4.78 is 5.45. The first kappa shape index (κ1) is 18.2.